The average molecular weight is 348 g/mol. The molecule has 3 N–H and O–H groups in total. The van der Waals surface area contributed by atoms with Crippen LogP contribution in [0, 0.1) is 5.92 Å². The molecule has 3 rings (SSSR count). The van der Waals surface area contributed by atoms with Gasteiger partial charge in [-0.3, -0.25) is 4.79 Å². The molecule has 138 valence electrons. The third kappa shape index (κ3) is 4.70. The Morgan fingerprint density at radius 1 is 1.12 bits per heavy atom. The molecule has 1 saturated heterocycles. The van der Waals surface area contributed by atoms with E-state index in [1.165, 1.54) is 25.7 Å². The van der Waals surface area contributed by atoms with E-state index < -0.39 is 6.03 Å². The van der Waals surface area contributed by atoms with Gasteiger partial charge in [-0.15, -0.1) is 5.10 Å². The van der Waals surface area contributed by atoms with E-state index in [1.54, 1.807) is 0 Å². The number of aromatic nitrogens is 3. The zero-order valence-electron chi connectivity index (χ0n) is 14.7. The Balaban J connectivity index is 1.49. The van der Waals surface area contributed by atoms with Crippen molar-refractivity contribution in [3.8, 4) is 0 Å². The Morgan fingerprint density at radius 3 is 2.44 bits per heavy atom. The van der Waals surface area contributed by atoms with E-state index in [2.05, 4.69) is 15.6 Å². The summed E-state index contributed by atoms with van der Waals surface area (Å²) in [5.74, 6) is 0.585. The minimum Gasteiger partial charge on any atom is -0.352 e. The Hall–Kier alpha value is -2.12. The number of carbonyl (C=O) groups is 2. The molecule has 0 bridgehead atoms. The normalized spacial score (nSPS) is 20.2. The largest absolute Gasteiger partial charge is 0.352 e. The monoisotopic (exact) mass is 348 g/mol. The molecule has 25 heavy (non-hydrogen) atoms. The van der Waals surface area contributed by atoms with Crippen LogP contribution in [-0.4, -0.2) is 44.9 Å². The molecule has 0 atom stereocenters. The lowest BCUT2D eigenvalue weighted by Gasteiger charge is -2.34. The number of nitrogens with two attached hydrogens (primary N) is 1. The summed E-state index contributed by atoms with van der Waals surface area (Å²) < 4.78 is 1.85. The molecule has 1 aliphatic carbocycles. The SMILES string of the molecule is NC(=O)NCc1cn(C2CCN(C(=O)C3CCCCCC3)CC2)nn1. The fourth-order valence-electron chi connectivity index (χ4n) is 3.89. The van der Waals surface area contributed by atoms with Gasteiger partial charge < -0.3 is 16.0 Å². The molecular weight excluding hydrogens is 320 g/mol. The zero-order valence-corrected chi connectivity index (χ0v) is 14.7. The summed E-state index contributed by atoms with van der Waals surface area (Å²) in [6.45, 7) is 1.86. The van der Waals surface area contributed by atoms with Crippen molar-refractivity contribution in [3.63, 3.8) is 0 Å². The topological polar surface area (TPSA) is 106 Å². The number of primary amides is 1. The van der Waals surface area contributed by atoms with Crippen molar-refractivity contribution < 1.29 is 9.59 Å². The van der Waals surface area contributed by atoms with Crippen LogP contribution in [0.5, 0.6) is 0 Å². The van der Waals surface area contributed by atoms with Gasteiger partial charge in [-0.05, 0) is 25.7 Å². The maximum absolute atomic E-state index is 12.7. The quantitative estimate of drug-likeness (QED) is 0.806. The number of hydrogen-bond acceptors (Lipinski definition) is 4. The molecule has 1 aromatic rings. The zero-order chi connectivity index (χ0) is 17.6. The van der Waals surface area contributed by atoms with Crippen LogP contribution in [0.1, 0.15) is 63.1 Å². The summed E-state index contributed by atoms with van der Waals surface area (Å²) in [5, 5.41) is 10.7. The van der Waals surface area contributed by atoms with Crippen LogP contribution in [0.2, 0.25) is 0 Å². The van der Waals surface area contributed by atoms with Crippen LogP contribution in [0.4, 0.5) is 4.79 Å². The first-order chi connectivity index (χ1) is 12.1. The summed E-state index contributed by atoms with van der Waals surface area (Å²) in [5.41, 5.74) is 5.75. The van der Waals surface area contributed by atoms with E-state index in [4.69, 9.17) is 5.73 Å². The maximum atomic E-state index is 12.7. The smallest absolute Gasteiger partial charge is 0.312 e. The molecular formula is C17H28N6O2. The van der Waals surface area contributed by atoms with Crippen LogP contribution in [0.15, 0.2) is 6.20 Å². The van der Waals surface area contributed by atoms with Gasteiger partial charge in [-0.25, -0.2) is 9.48 Å². The Bertz CT molecular complexity index is 586. The second kappa shape index (κ2) is 8.31. The lowest BCUT2D eigenvalue weighted by atomic mass is 9.96. The number of hydrogen-bond donors (Lipinski definition) is 2. The fourth-order valence-corrected chi connectivity index (χ4v) is 3.89. The van der Waals surface area contributed by atoms with Gasteiger partial charge in [0.15, 0.2) is 0 Å². The highest BCUT2D eigenvalue weighted by Crippen LogP contribution is 2.28. The molecule has 2 heterocycles. The van der Waals surface area contributed by atoms with Gasteiger partial charge in [0.05, 0.1) is 18.8 Å². The molecule has 1 aliphatic heterocycles. The van der Waals surface area contributed by atoms with Crippen molar-refractivity contribution in [2.45, 2.75) is 64.0 Å². The number of rotatable bonds is 4. The highest BCUT2D eigenvalue weighted by atomic mass is 16.2. The van der Waals surface area contributed by atoms with Crippen molar-refractivity contribution >= 4 is 11.9 Å². The number of amides is 3. The van der Waals surface area contributed by atoms with Crippen LogP contribution < -0.4 is 11.1 Å². The van der Waals surface area contributed by atoms with Gasteiger partial charge in [0.25, 0.3) is 0 Å². The minimum absolute atomic E-state index is 0.233. The number of nitrogens with one attached hydrogen (secondary N) is 1. The first-order valence-corrected chi connectivity index (χ1v) is 9.36. The lowest BCUT2D eigenvalue weighted by Crippen LogP contribution is -2.42. The Kier molecular flexibility index (Phi) is 5.88. The minimum atomic E-state index is -0.570. The van der Waals surface area contributed by atoms with Crippen LogP contribution >= 0.6 is 0 Å². The van der Waals surface area contributed by atoms with Crippen LogP contribution in [-0.2, 0) is 11.3 Å². The van der Waals surface area contributed by atoms with Crippen molar-refractivity contribution in [1.29, 1.82) is 0 Å². The summed E-state index contributed by atoms with van der Waals surface area (Å²) >= 11 is 0. The molecule has 0 aromatic carbocycles. The number of nitrogens with zero attached hydrogens (tertiary/aromatic N) is 4. The van der Waals surface area contributed by atoms with Gasteiger partial charge in [-0.1, -0.05) is 30.9 Å². The van der Waals surface area contributed by atoms with Crippen LogP contribution in [0.3, 0.4) is 0 Å². The van der Waals surface area contributed by atoms with Crippen molar-refractivity contribution in [2.24, 2.45) is 11.7 Å². The van der Waals surface area contributed by atoms with Gasteiger partial charge in [0, 0.05) is 19.0 Å². The standard InChI is InChI=1S/C17H28N6O2/c18-17(25)19-11-14-12-23(21-20-14)15-7-9-22(10-8-15)16(24)13-5-3-1-2-4-6-13/h12-13,15H,1-11H2,(H3,18,19,25). The van der Waals surface area contributed by atoms with Crippen molar-refractivity contribution in [1.82, 2.24) is 25.2 Å². The second-order valence-corrected chi connectivity index (χ2v) is 7.15. The van der Waals surface area contributed by atoms with E-state index in [9.17, 15) is 9.59 Å². The van der Waals surface area contributed by atoms with Gasteiger partial charge in [0.1, 0.15) is 5.69 Å². The molecule has 3 amide bonds. The van der Waals surface area contributed by atoms with E-state index in [0.29, 0.717) is 11.6 Å². The number of likely N-dealkylation sites (tertiary alicyclic amines) is 1. The molecule has 0 unspecified atom stereocenters. The molecule has 8 heteroatoms. The van der Waals surface area contributed by atoms with Crippen LogP contribution in [0.25, 0.3) is 0 Å². The molecule has 1 saturated carbocycles. The molecule has 2 fully saturated rings. The number of piperidine rings is 1. The highest BCUT2D eigenvalue weighted by molar-refractivity contribution is 5.79. The molecule has 0 spiro atoms. The van der Waals surface area contributed by atoms with E-state index in [1.807, 2.05) is 15.8 Å². The van der Waals surface area contributed by atoms with Crippen molar-refractivity contribution in [2.75, 3.05) is 13.1 Å². The molecule has 2 aliphatic rings. The second-order valence-electron chi connectivity index (χ2n) is 7.15. The third-order valence-corrected chi connectivity index (χ3v) is 5.36. The van der Waals surface area contributed by atoms with E-state index in [-0.39, 0.29) is 18.5 Å². The van der Waals surface area contributed by atoms with Gasteiger partial charge >= 0.3 is 6.03 Å². The fraction of sp³-hybridized carbons (Fsp3) is 0.765. The highest BCUT2D eigenvalue weighted by Gasteiger charge is 2.29. The average Bonchev–Trinajstić information content (AvgIpc) is 2.93. The molecule has 1 aromatic heterocycles. The molecule has 0 radical (unpaired) electrons. The number of urea groups is 1. The molecule has 8 nitrogen and oxygen atoms in total. The van der Waals surface area contributed by atoms with E-state index >= 15 is 0 Å². The predicted molar refractivity (Wildman–Crippen MR) is 92.5 cm³/mol. The van der Waals surface area contributed by atoms with Crippen molar-refractivity contribution in [3.05, 3.63) is 11.9 Å². The predicted octanol–water partition coefficient (Wildman–Crippen LogP) is 1.58. The summed E-state index contributed by atoms with van der Waals surface area (Å²) in [6.07, 6.45) is 10.7. The van der Waals surface area contributed by atoms with Gasteiger partial charge in [-0.2, -0.15) is 0 Å². The Morgan fingerprint density at radius 2 is 1.80 bits per heavy atom. The van der Waals surface area contributed by atoms with Gasteiger partial charge in [0.2, 0.25) is 5.91 Å². The van der Waals surface area contributed by atoms with E-state index in [0.717, 1.165) is 38.8 Å². The lowest BCUT2D eigenvalue weighted by molar-refractivity contribution is -0.137. The summed E-state index contributed by atoms with van der Waals surface area (Å²) in [6, 6.07) is -0.312. The maximum Gasteiger partial charge on any atom is 0.312 e. The summed E-state index contributed by atoms with van der Waals surface area (Å²) in [7, 11) is 0. The Labute approximate surface area is 148 Å². The summed E-state index contributed by atoms with van der Waals surface area (Å²) in [4.78, 5) is 25.5. The number of carbonyl (C=O) groups excluding carboxylic acids is 2. The first kappa shape index (κ1) is 17.7. The third-order valence-electron chi connectivity index (χ3n) is 5.36. The first-order valence-electron chi connectivity index (χ1n) is 9.36.